The average molecular weight is 398 g/mol. The van der Waals surface area contributed by atoms with Crippen LogP contribution in [0.25, 0.3) is 0 Å². The van der Waals surface area contributed by atoms with Crippen molar-refractivity contribution in [2.75, 3.05) is 12.3 Å². The molecule has 2 aromatic heterocycles. The second kappa shape index (κ2) is 8.83. The highest BCUT2D eigenvalue weighted by Crippen LogP contribution is 2.16. The summed E-state index contributed by atoms with van der Waals surface area (Å²) in [4.78, 5) is 25.6. The summed E-state index contributed by atoms with van der Waals surface area (Å²) in [6, 6.07) is 11.4. The highest BCUT2D eigenvalue weighted by Gasteiger charge is 2.18. The zero-order valence-corrected chi connectivity index (χ0v) is 16.8. The number of benzene rings is 1. The lowest BCUT2D eigenvalue weighted by Gasteiger charge is -2.17. The minimum absolute atomic E-state index is 0.167. The lowest BCUT2D eigenvalue weighted by atomic mass is 10.1. The molecule has 1 unspecified atom stereocenters. The quantitative estimate of drug-likeness (QED) is 0.482. The molecular formula is C19H22N6O2S. The van der Waals surface area contributed by atoms with E-state index < -0.39 is 0 Å². The minimum Gasteiger partial charge on any atom is -0.351 e. The van der Waals surface area contributed by atoms with E-state index in [4.69, 9.17) is 0 Å². The molecule has 0 saturated heterocycles. The zero-order chi connectivity index (χ0) is 20.1. The fraction of sp³-hybridized carbons (Fsp3) is 0.316. The molecule has 1 atom stereocenters. The number of nitrogens with zero attached hydrogens (tertiary/aromatic N) is 5. The molecule has 3 rings (SSSR count). The molecule has 0 aliphatic heterocycles. The summed E-state index contributed by atoms with van der Waals surface area (Å²) in [6.45, 7) is 4.12. The van der Waals surface area contributed by atoms with Crippen LogP contribution in [0.2, 0.25) is 0 Å². The van der Waals surface area contributed by atoms with Crippen molar-refractivity contribution < 1.29 is 4.79 Å². The van der Waals surface area contributed by atoms with Gasteiger partial charge >= 0.3 is 0 Å². The number of thioether (sulfide) groups is 1. The van der Waals surface area contributed by atoms with E-state index in [1.165, 1.54) is 11.8 Å². The van der Waals surface area contributed by atoms with Crippen LogP contribution < -0.4 is 10.9 Å². The van der Waals surface area contributed by atoms with Gasteiger partial charge in [0.25, 0.3) is 11.5 Å². The van der Waals surface area contributed by atoms with E-state index in [0.717, 1.165) is 5.56 Å². The van der Waals surface area contributed by atoms with Gasteiger partial charge in [-0.3, -0.25) is 9.59 Å². The summed E-state index contributed by atoms with van der Waals surface area (Å²) in [5, 5.41) is 14.7. The second-order valence-corrected chi connectivity index (χ2v) is 7.42. The summed E-state index contributed by atoms with van der Waals surface area (Å²) >= 11 is 1.43. The number of amides is 1. The molecule has 8 nitrogen and oxygen atoms in total. The number of aromatic nitrogens is 5. The third-order valence-corrected chi connectivity index (χ3v) is 5.47. The molecule has 9 heteroatoms. The summed E-state index contributed by atoms with van der Waals surface area (Å²) in [7, 11) is 1.75. The van der Waals surface area contributed by atoms with Crippen molar-refractivity contribution >= 4 is 17.7 Å². The van der Waals surface area contributed by atoms with Crippen LogP contribution >= 0.6 is 11.8 Å². The second-order valence-electron chi connectivity index (χ2n) is 6.36. The Labute approximate surface area is 167 Å². The summed E-state index contributed by atoms with van der Waals surface area (Å²) in [5.74, 6) is 0.231. The minimum atomic E-state index is -0.367. The van der Waals surface area contributed by atoms with Gasteiger partial charge in [-0.15, -0.1) is 5.10 Å². The zero-order valence-electron chi connectivity index (χ0n) is 16.0. The summed E-state index contributed by atoms with van der Waals surface area (Å²) in [5.41, 5.74) is 1.55. The molecular weight excluding hydrogens is 376 g/mol. The first-order valence-corrected chi connectivity index (χ1v) is 9.87. The van der Waals surface area contributed by atoms with E-state index in [9.17, 15) is 9.59 Å². The van der Waals surface area contributed by atoms with Crippen LogP contribution in [0.1, 0.15) is 34.5 Å². The molecule has 0 aliphatic carbocycles. The Morgan fingerprint density at radius 3 is 2.68 bits per heavy atom. The van der Waals surface area contributed by atoms with Gasteiger partial charge in [-0.1, -0.05) is 42.1 Å². The topological polar surface area (TPSA) is 94.7 Å². The number of carbonyl (C=O) groups excluding carboxylic acids is 1. The Bertz CT molecular complexity index is 1010. The predicted octanol–water partition coefficient (Wildman–Crippen LogP) is 1.81. The molecule has 1 aromatic carbocycles. The standard InChI is InChI=1S/C19H22N6O2S/c1-13-9-11-25(14(2)15-7-5-4-6-8-15)18(27)16(13)17(26)20-10-12-28-19-21-22-23-24(19)3/h4-9,11,14H,10,12H2,1-3H3,(H,20,26). The van der Waals surface area contributed by atoms with E-state index in [0.29, 0.717) is 23.0 Å². The molecule has 3 aromatic rings. The van der Waals surface area contributed by atoms with E-state index in [1.807, 2.05) is 37.3 Å². The number of hydrogen-bond acceptors (Lipinski definition) is 6. The number of hydrogen-bond donors (Lipinski definition) is 1. The normalized spacial score (nSPS) is 12.0. The van der Waals surface area contributed by atoms with Gasteiger partial charge in [-0.05, 0) is 41.5 Å². The van der Waals surface area contributed by atoms with E-state index in [1.54, 1.807) is 35.5 Å². The van der Waals surface area contributed by atoms with Gasteiger partial charge < -0.3 is 9.88 Å². The van der Waals surface area contributed by atoms with Crippen LogP contribution in [0.4, 0.5) is 0 Å². The van der Waals surface area contributed by atoms with Gasteiger partial charge in [0, 0.05) is 25.5 Å². The Morgan fingerprint density at radius 1 is 1.25 bits per heavy atom. The van der Waals surface area contributed by atoms with Crippen molar-refractivity contribution in [3.8, 4) is 0 Å². The highest BCUT2D eigenvalue weighted by atomic mass is 32.2. The molecule has 0 bridgehead atoms. The van der Waals surface area contributed by atoms with Crippen LogP contribution in [0.5, 0.6) is 0 Å². The maximum Gasteiger partial charge on any atom is 0.264 e. The fourth-order valence-electron chi connectivity index (χ4n) is 2.85. The molecule has 0 fully saturated rings. The first-order chi connectivity index (χ1) is 13.5. The monoisotopic (exact) mass is 398 g/mol. The average Bonchev–Trinajstić information content (AvgIpc) is 3.10. The Morgan fingerprint density at radius 2 is 2.00 bits per heavy atom. The smallest absolute Gasteiger partial charge is 0.264 e. The Hall–Kier alpha value is -2.94. The number of carbonyl (C=O) groups is 1. The SMILES string of the molecule is Cc1ccn(C(C)c2ccccc2)c(=O)c1C(=O)NCCSc1nnnn1C. The van der Waals surface area contributed by atoms with Gasteiger partial charge in [-0.2, -0.15) is 0 Å². The lowest BCUT2D eigenvalue weighted by Crippen LogP contribution is -2.36. The Kier molecular flexibility index (Phi) is 6.25. The number of nitrogens with one attached hydrogen (secondary N) is 1. The van der Waals surface area contributed by atoms with E-state index >= 15 is 0 Å². The van der Waals surface area contributed by atoms with Crippen molar-refractivity contribution in [1.29, 1.82) is 0 Å². The summed E-state index contributed by atoms with van der Waals surface area (Å²) in [6.07, 6.45) is 1.74. The van der Waals surface area contributed by atoms with Crippen LogP contribution in [-0.2, 0) is 7.05 Å². The largest absolute Gasteiger partial charge is 0.351 e. The van der Waals surface area contributed by atoms with Crippen molar-refractivity contribution in [3.05, 3.63) is 69.6 Å². The van der Waals surface area contributed by atoms with Gasteiger partial charge in [0.15, 0.2) is 0 Å². The lowest BCUT2D eigenvalue weighted by molar-refractivity contribution is 0.0953. The van der Waals surface area contributed by atoms with Crippen molar-refractivity contribution in [2.24, 2.45) is 7.05 Å². The van der Waals surface area contributed by atoms with Crippen molar-refractivity contribution in [3.63, 3.8) is 0 Å². The molecule has 2 heterocycles. The number of tetrazole rings is 1. The molecule has 0 saturated carbocycles. The number of aryl methyl sites for hydroxylation is 2. The number of rotatable bonds is 7. The van der Waals surface area contributed by atoms with Crippen LogP contribution in [0, 0.1) is 6.92 Å². The van der Waals surface area contributed by atoms with Crippen molar-refractivity contribution in [1.82, 2.24) is 30.1 Å². The van der Waals surface area contributed by atoms with Crippen LogP contribution in [0.3, 0.4) is 0 Å². The van der Waals surface area contributed by atoms with Gasteiger partial charge in [0.2, 0.25) is 5.16 Å². The van der Waals surface area contributed by atoms with E-state index in [2.05, 4.69) is 20.8 Å². The van der Waals surface area contributed by atoms with Crippen LogP contribution in [0.15, 0.2) is 52.5 Å². The van der Waals surface area contributed by atoms with Gasteiger partial charge in [-0.25, -0.2) is 4.68 Å². The predicted molar refractivity (Wildman–Crippen MR) is 108 cm³/mol. The molecule has 28 heavy (non-hydrogen) atoms. The molecule has 0 radical (unpaired) electrons. The third kappa shape index (κ3) is 4.30. The molecule has 1 N–H and O–H groups in total. The maximum absolute atomic E-state index is 13.0. The first kappa shape index (κ1) is 19.8. The maximum atomic E-state index is 13.0. The van der Waals surface area contributed by atoms with Crippen LogP contribution in [-0.4, -0.2) is 43.0 Å². The highest BCUT2D eigenvalue weighted by molar-refractivity contribution is 7.99. The summed E-state index contributed by atoms with van der Waals surface area (Å²) < 4.78 is 3.16. The molecule has 0 spiro atoms. The van der Waals surface area contributed by atoms with E-state index in [-0.39, 0.29) is 23.1 Å². The number of pyridine rings is 1. The fourth-order valence-corrected chi connectivity index (χ4v) is 3.56. The van der Waals surface area contributed by atoms with Gasteiger partial charge in [0.1, 0.15) is 5.56 Å². The first-order valence-electron chi connectivity index (χ1n) is 8.89. The molecule has 0 aliphatic rings. The third-order valence-electron chi connectivity index (χ3n) is 4.45. The van der Waals surface area contributed by atoms with Crippen molar-refractivity contribution in [2.45, 2.75) is 25.0 Å². The molecule has 146 valence electrons. The molecule has 1 amide bonds. The Balaban J connectivity index is 1.71. The van der Waals surface area contributed by atoms with Gasteiger partial charge in [0.05, 0.1) is 6.04 Å².